The molecule has 0 aliphatic rings. The van der Waals surface area contributed by atoms with Crippen LogP contribution in [0.25, 0.3) is 0 Å². The second-order valence-corrected chi connectivity index (χ2v) is 5.12. The van der Waals surface area contributed by atoms with E-state index in [1.54, 1.807) is 12.3 Å². The third-order valence-corrected chi connectivity index (χ3v) is 3.08. The Morgan fingerprint density at radius 3 is 2.65 bits per heavy atom. The van der Waals surface area contributed by atoms with Gasteiger partial charge in [0.2, 0.25) is 5.95 Å². The Bertz CT molecular complexity index is 632. The molecule has 0 aromatic carbocycles. The van der Waals surface area contributed by atoms with E-state index in [1.165, 1.54) is 6.07 Å². The van der Waals surface area contributed by atoms with Gasteiger partial charge in [-0.1, -0.05) is 17.7 Å². The summed E-state index contributed by atoms with van der Waals surface area (Å²) in [5.74, 6) is -1.16. The molecule has 0 atom stereocenters. The van der Waals surface area contributed by atoms with Crippen molar-refractivity contribution < 1.29 is 9.18 Å². The number of carbonyl (C=O) groups excluding carboxylic acids is 1. The van der Waals surface area contributed by atoms with Gasteiger partial charge in [0.15, 0.2) is 0 Å². The van der Waals surface area contributed by atoms with Gasteiger partial charge in [-0.05, 0) is 38.1 Å². The number of rotatable bonds is 3. The summed E-state index contributed by atoms with van der Waals surface area (Å²) >= 11 is 5.77. The number of pyridine rings is 2. The lowest BCUT2D eigenvalue weighted by Gasteiger charge is -2.25. The number of aromatic nitrogens is 2. The predicted octanol–water partition coefficient (Wildman–Crippen LogP) is 2.93. The molecule has 20 heavy (non-hydrogen) atoms. The Labute approximate surface area is 121 Å². The maximum Gasteiger partial charge on any atom is 0.255 e. The van der Waals surface area contributed by atoms with Crippen LogP contribution in [-0.4, -0.2) is 15.9 Å². The highest BCUT2D eigenvalue weighted by Crippen LogP contribution is 2.20. The molecule has 0 radical (unpaired) electrons. The summed E-state index contributed by atoms with van der Waals surface area (Å²) in [5, 5.41) is 2.63. The van der Waals surface area contributed by atoms with E-state index in [0.717, 1.165) is 6.07 Å². The number of amides is 1. The SMILES string of the molecule is CC(C)(NC(=O)c1ccc(F)nc1Cl)c1ccccn1. The highest BCUT2D eigenvalue weighted by molar-refractivity contribution is 6.32. The van der Waals surface area contributed by atoms with Crippen molar-refractivity contribution in [3.05, 3.63) is 58.9 Å². The summed E-state index contributed by atoms with van der Waals surface area (Å²) in [4.78, 5) is 19.8. The minimum atomic E-state index is -0.726. The van der Waals surface area contributed by atoms with E-state index >= 15 is 0 Å². The maximum atomic E-state index is 12.9. The largest absolute Gasteiger partial charge is 0.341 e. The lowest BCUT2D eigenvalue weighted by Crippen LogP contribution is -2.41. The summed E-state index contributed by atoms with van der Waals surface area (Å²) in [6.45, 7) is 3.64. The predicted molar refractivity (Wildman–Crippen MR) is 73.9 cm³/mol. The van der Waals surface area contributed by atoms with Gasteiger partial charge in [-0.25, -0.2) is 4.98 Å². The van der Waals surface area contributed by atoms with E-state index in [2.05, 4.69) is 15.3 Å². The molecule has 2 aromatic heterocycles. The fraction of sp³-hybridized carbons (Fsp3) is 0.214. The maximum absolute atomic E-state index is 12.9. The molecule has 6 heteroatoms. The molecule has 0 unspecified atom stereocenters. The second-order valence-electron chi connectivity index (χ2n) is 4.77. The number of hydrogen-bond donors (Lipinski definition) is 1. The summed E-state index contributed by atoms with van der Waals surface area (Å²) in [6.07, 6.45) is 1.65. The van der Waals surface area contributed by atoms with Gasteiger partial charge in [0.25, 0.3) is 5.91 Å². The van der Waals surface area contributed by atoms with Crippen LogP contribution >= 0.6 is 11.6 Å². The molecule has 0 saturated heterocycles. The molecule has 0 saturated carbocycles. The fourth-order valence-electron chi connectivity index (χ4n) is 1.73. The molecule has 0 aliphatic carbocycles. The van der Waals surface area contributed by atoms with Crippen molar-refractivity contribution in [1.29, 1.82) is 0 Å². The van der Waals surface area contributed by atoms with Crippen molar-refractivity contribution in [3.63, 3.8) is 0 Å². The van der Waals surface area contributed by atoms with Crippen LogP contribution in [0.5, 0.6) is 0 Å². The minimum Gasteiger partial charge on any atom is -0.341 e. The quantitative estimate of drug-likeness (QED) is 0.885. The third-order valence-electron chi connectivity index (χ3n) is 2.79. The van der Waals surface area contributed by atoms with Gasteiger partial charge in [-0.3, -0.25) is 9.78 Å². The lowest BCUT2D eigenvalue weighted by molar-refractivity contribution is 0.0910. The van der Waals surface area contributed by atoms with E-state index in [9.17, 15) is 9.18 Å². The van der Waals surface area contributed by atoms with Crippen molar-refractivity contribution in [2.45, 2.75) is 19.4 Å². The zero-order chi connectivity index (χ0) is 14.8. The van der Waals surface area contributed by atoms with Crippen LogP contribution in [0.1, 0.15) is 29.9 Å². The van der Waals surface area contributed by atoms with Gasteiger partial charge < -0.3 is 5.32 Å². The van der Waals surface area contributed by atoms with Gasteiger partial charge in [0, 0.05) is 6.20 Å². The zero-order valence-electron chi connectivity index (χ0n) is 11.0. The van der Waals surface area contributed by atoms with Crippen molar-refractivity contribution in [2.75, 3.05) is 0 Å². The number of halogens is 2. The van der Waals surface area contributed by atoms with Crippen molar-refractivity contribution in [3.8, 4) is 0 Å². The first-order chi connectivity index (χ1) is 9.40. The van der Waals surface area contributed by atoms with Crippen molar-refractivity contribution in [2.24, 2.45) is 0 Å². The number of nitrogens with one attached hydrogen (secondary N) is 1. The molecule has 0 fully saturated rings. The van der Waals surface area contributed by atoms with E-state index in [-0.39, 0.29) is 10.7 Å². The highest BCUT2D eigenvalue weighted by Gasteiger charge is 2.25. The van der Waals surface area contributed by atoms with E-state index in [0.29, 0.717) is 5.69 Å². The number of hydrogen-bond acceptors (Lipinski definition) is 3. The van der Waals surface area contributed by atoms with Gasteiger partial charge in [-0.15, -0.1) is 0 Å². The van der Waals surface area contributed by atoms with Gasteiger partial charge in [-0.2, -0.15) is 4.39 Å². The first-order valence-corrected chi connectivity index (χ1v) is 6.34. The van der Waals surface area contributed by atoms with Crippen molar-refractivity contribution >= 4 is 17.5 Å². The Morgan fingerprint density at radius 2 is 2.05 bits per heavy atom. The molecular formula is C14H13ClFN3O. The van der Waals surface area contributed by atoms with Crippen LogP contribution in [-0.2, 0) is 5.54 Å². The van der Waals surface area contributed by atoms with Gasteiger partial charge >= 0.3 is 0 Å². The van der Waals surface area contributed by atoms with Crippen LogP contribution in [0.2, 0.25) is 5.15 Å². The molecule has 0 spiro atoms. The Balaban J connectivity index is 2.23. The van der Waals surface area contributed by atoms with E-state index in [4.69, 9.17) is 11.6 Å². The minimum absolute atomic E-state index is 0.122. The molecule has 4 nitrogen and oxygen atoms in total. The van der Waals surface area contributed by atoms with E-state index < -0.39 is 17.4 Å². The Kier molecular flexibility index (Phi) is 3.99. The summed E-state index contributed by atoms with van der Waals surface area (Å²) < 4.78 is 12.9. The standard InChI is InChI=1S/C14H13ClFN3O/c1-14(2,10-5-3-4-8-17-10)19-13(20)9-6-7-11(16)18-12(9)15/h3-8H,1-2H3,(H,19,20). The van der Waals surface area contributed by atoms with Crippen LogP contribution in [0.4, 0.5) is 4.39 Å². The number of nitrogens with zero attached hydrogens (tertiary/aromatic N) is 2. The lowest BCUT2D eigenvalue weighted by atomic mass is 9.99. The molecule has 1 N–H and O–H groups in total. The second kappa shape index (κ2) is 5.54. The molecule has 0 bridgehead atoms. The first kappa shape index (κ1) is 14.4. The Morgan fingerprint density at radius 1 is 1.30 bits per heavy atom. The van der Waals surface area contributed by atoms with Gasteiger partial charge in [0.05, 0.1) is 16.8 Å². The van der Waals surface area contributed by atoms with Crippen LogP contribution in [0.3, 0.4) is 0 Å². The van der Waals surface area contributed by atoms with Crippen LogP contribution in [0.15, 0.2) is 36.5 Å². The normalized spacial score (nSPS) is 11.2. The average Bonchev–Trinajstić information content (AvgIpc) is 2.39. The molecule has 2 aromatic rings. The topological polar surface area (TPSA) is 54.9 Å². The molecule has 0 aliphatic heterocycles. The fourth-order valence-corrected chi connectivity index (χ4v) is 1.96. The highest BCUT2D eigenvalue weighted by atomic mass is 35.5. The molecule has 1 amide bonds. The van der Waals surface area contributed by atoms with Gasteiger partial charge in [0.1, 0.15) is 5.15 Å². The zero-order valence-corrected chi connectivity index (χ0v) is 11.8. The molecule has 2 heterocycles. The number of carbonyl (C=O) groups is 1. The third kappa shape index (κ3) is 3.11. The molecule has 2 rings (SSSR count). The average molecular weight is 294 g/mol. The summed E-state index contributed by atoms with van der Waals surface area (Å²) in [7, 11) is 0. The summed E-state index contributed by atoms with van der Waals surface area (Å²) in [5.41, 5.74) is 0.146. The Hall–Kier alpha value is -2.01. The monoisotopic (exact) mass is 293 g/mol. The first-order valence-electron chi connectivity index (χ1n) is 5.96. The van der Waals surface area contributed by atoms with Crippen LogP contribution in [0, 0.1) is 5.95 Å². The molecule has 104 valence electrons. The van der Waals surface area contributed by atoms with Crippen molar-refractivity contribution in [1.82, 2.24) is 15.3 Å². The molecular weight excluding hydrogens is 281 g/mol. The summed E-state index contributed by atoms with van der Waals surface area (Å²) in [6, 6.07) is 7.83. The smallest absolute Gasteiger partial charge is 0.255 e. The van der Waals surface area contributed by atoms with E-state index in [1.807, 2.05) is 26.0 Å². The van der Waals surface area contributed by atoms with Crippen LogP contribution < -0.4 is 5.32 Å².